The first kappa shape index (κ1) is 17.1. The van der Waals surface area contributed by atoms with Gasteiger partial charge in [-0.25, -0.2) is 4.79 Å². The summed E-state index contributed by atoms with van der Waals surface area (Å²) in [7, 11) is 0. The van der Waals surface area contributed by atoms with Gasteiger partial charge in [0.05, 0.1) is 23.7 Å². The van der Waals surface area contributed by atoms with Crippen LogP contribution in [0.5, 0.6) is 5.75 Å². The zero-order valence-electron chi connectivity index (χ0n) is 13.3. The van der Waals surface area contributed by atoms with Crippen molar-refractivity contribution in [1.29, 1.82) is 0 Å². The van der Waals surface area contributed by atoms with Gasteiger partial charge in [-0.3, -0.25) is 0 Å². The number of ether oxygens (including phenoxy) is 3. The molecule has 1 aliphatic rings. The number of thioether (sulfide) groups is 1. The predicted octanol–water partition coefficient (Wildman–Crippen LogP) is 3.68. The molecule has 6 heteroatoms. The van der Waals surface area contributed by atoms with Crippen LogP contribution in [0.25, 0.3) is 0 Å². The Bertz CT molecular complexity index is 499. The molecule has 1 fully saturated rings. The first-order chi connectivity index (χ1) is 10.7. The first-order valence-electron chi connectivity index (χ1n) is 7.58. The molecule has 0 aromatic heterocycles. The van der Waals surface area contributed by atoms with Crippen molar-refractivity contribution < 1.29 is 19.0 Å². The number of amides is 1. The van der Waals surface area contributed by atoms with E-state index in [1.807, 2.05) is 38.3 Å². The van der Waals surface area contributed by atoms with Gasteiger partial charge in [-0.2, -0.15) is 0 Å². The summed E-state index contributed by atoms with van der Waals surface area (Å²) in [5.74, 6) is 0.541. The van der Waals surface area contributed by atoms with Crippen molar-refractivity contribution in [3.05, 3.63) is 23.8 Å². The Morgan fingerprint density at radius 1 is 1.32 bits per heavy atom. The molecule has 5 nitrogen and oxygen atoms in total. The lowest BCUT2D eigenvalue weighted by atomic mass is 10.2. The topological polar surface area (TPSA) is 48.0 Å². The van der Waals surface area contributed by atoms with E-state index in [-0.39, 0.29) is 6.09 Å². The van der Waals surface area contributed by atoms with Gasteiger partial charge in [-0.15, -0.1) is 11.8 Å². The van der Waals surface area contributed by atoms with Crippen LogP contribution in [0.15, 0.2) is 23.1 Å². The molecule has 0 bridgehead atoms. The second-order valence-electron chi connectivity index (χ2n) is 4.85. The molecule has 1 heterocycles. The summed E-state index contributed by atoms with van der Waals surface area (Å²) in [4.78, 5) is 14.8. The number of benzene rings is 1. The van der Waals surface area contributed by atoms with Crippen molar-refractivity contribution in [2.24, 2.45) is 0 Å². The molecule has 0 radical (unpaired) electrons. The van der Waals surface area contributed by atoms with Gasteiger partial charge in [0.15, 0.2) is 12.0 Å². The zero-order chi connectivity index (χ0) is 15.9. The summed E-state index contributed by atoms with van der Waals surface area (Å²) in [6.45, 7) is 6.39. The molecule has 0 atom stereocenters. The Hall–Kier alpha value is -1.24. The number of para-hydroxylation sites is 1. The van der Waals surface area contributed by atoms with Crippen LogP contribution in [0.2, 0.25) is 0 Å². The van der Waals surface area contributed by atoms with Crippen LogP contribution in [0.1, 0.15) is 32.1 Å². The van der Waals surface area contributed by atoms with Gasteiger partial charge in [-0.05, 0) is 32.6 Å². The number of nitrogens with zero attached hydrogens (tertiary/aromatic N) is 1. The maximum absolute atomic E-state index is 12.3. The molecule has 22 heavy (non-hydrogen) atoms. The fourth-order valence-electron chi connectivity index (χ4n) is 2.29. The number of rotatable bonds is 5. The van der Waals surface area contributed by atoms with Gasteiger partial charge < -0.3 is 19.1 Å². The Morgan fingerprint density at radius 2 is 2.00 bits per heavy atom. The molecular formula is C16H23NO4S. The maximum atomic E-state index is 12.3. The Labute approximate surface area is 135 Å². The fourth-order valence-corrected chi connectivity index (χ4v) is 2.85. The second-order valence-corrected chi connectivity index (χ2v) is 5.69. The van der Waals surface area contributed by atoms with Crippen LogP contribution < -0.4 is 4.74 Å². The lowest BCUT2D eigenvalue weighted by molar-refractivity contribution is -0.183. The minimum Gasteiger partial charge on any atom is -0.408 e. The van der Waals surface area contributed by atoms with E-state index < -0.39 is 6.29 Å². The lowest BCUT2D eigenvalue weighted by Crippen LogP contribution is -2.33. The number of carbonyl (C=O) groups excluding carboxylic acids is 1. The molecule has 0 N–H and O–H groups in total. The van der Waals surface area contributed by atoms with Crippen molar-refractivity contribution in [2.75, 3.05) is 32.6 Å². The highest BCUT2D eigenvalue weighted by Crippen LogP contribution is 2.37. The third-order valence-corrected chi connectivity index (χ3v) is 4.28. The SMILES string of the molecule is CCN(CC)C(=O)Oc1c(SC)cccc1C1OCCCO1. The molecule has 1 aromatic carbocycles. The van der Waals surface area contributed by atoms with Crippen molar-refractivity contribution in [2.45, 2.75) is 31.5 Å². The van der Waals surface area contributed by atoms with Crippen LogP contribution in [0.4, 0.5) is 4.79 Å². The molecule has 1 amide bonds. The summed E-state index contributed by atoms with van der Waals surface area (Å²) in [5, 5.41) is 0. The molecular weight excluding hydrogens is 302 g/mol. The predicted molar refractivity (Wildman–Crippen MR) is 86.4 cm³/mol. The third-order valence-electron chi connectivity index (χ3n) is 3.52. The largest absolute Gasteiger partial charge is 0.415 e. The molecule has 122 valence electrons. The van der Waals surface area contributed by atoms with Crippen molar-refractivity contribution in [3.63, 3.8) is 0 Å². The summed E-state index contributed by atoms with van der Waals surface area (Å²) < 4.78 is 17.0. The van der Waals surface area contributed by atoms with Crippen LogP contribution in [0.3, 0.4) is 0 Å². The smallest absolute Gasteiger partial charge is 0.408 e. The molecule has 1 saturated heterocycles. The Morgan fingerprint density at radius 3 is 2.59 bits per heavy atom. The highest BCUT2D eigenvalue weighted by atomic mass is 32.2. The number of hydrogen-bond acceptors (Lipinski definition) is 5. The highest BCUT2D eigenvalue weighted by Gasteiger charge is 2.25. The fraction of sp³-hybridized carbons (Fsp3) is 0.562. The van der Waals surface area contributed by atoms with Gasteiger partial charge in [0.1, 0.15) is 0 Å². The third kappa shape index (κ3) is 3.94. The summed E-state index contributed by atoms with van der Waals surface area (Å²) in [6.07, 6.45) is 2.02. The zero-order valence-corrected chi connectivity index (χ0v) is 14.1. The first-order valence-corrected chi connectivity index (χ1v) is 8.80. The van der Waals surface area contributed by atoms with Crippen LogP contribution in [0, 0.1) is 0 Å². The van der Waals surface area contributed by atoms with E-state index in [0.29, 0.717) is 32.1 Å². The Balaban J connectivity index is 2.28. The van der Waals surface area contributed by atoms with E-state index >= 15 is 0 Å². The lowest BCUT2D eigenvalue weighted by Gasteiger charge is -2.26. The standard InChI is InChI=1S/C16H23NO4S/c1-4-17(5-2)16(18)21-14-12(8-6-9-13(14)22-3)15-19-10-7-11-20-15/h6,8-9,15H,4-5,7,10-11H2,1-3H3. The van der Waals surface area contributed by atoms with Gasteiger partial charge >= 0.3 is 6.09 Å². The molecule has 2 rings (SSSR count). The molecule has 0 saturated carbocycles. The van der Waals surface area contributed by atoms with E-state index in [2.05, 4.69) is 0 Å². The van der Waals surface area contributed by atoms with E-state index in [1.165, 1.54) is 11.8 Å². The van der Waals surface area contributed by atoms with Gasteiger partial charge in [0.2, 0.25) is 0 Å². The normalized spacial score (nSPS) is 15.6. The molecule has 1 aliphatic heterocycles. The van der Waals surface area contributed by atoms with Crippen molar-refractivity contribution in [1.82, 2.24) is 4.90 Å². The highest BCUT2D eigenvalue weighted by molar-refractivity contribution is 7.98. The number of carbonyl (C=O) groups is 1. The summed E-state index contributed by atoms with van der Waals surface area (Å²) >= 11 is 1.54. The van der Waals surface area contributed by atoms with Crippen molar-refractivity contribution >= 4 is 17.9 Å². The number of hydrogen-bond donors (Lipinski definition) is 0. The van der Waals surface area contributed by atoms with Crippen LogP contribution in [-0.4, -0.2) is 43.6 Å². The van der Waals surface area contributed by atoms with Crippen LogP contribution >= 0.6 is 11.8 Å². The maximum Gasteiger partial charge on any atom is 0.415 e. The molecule has 0 aliphatic carbocycles. The average Bonchev–Trinajstić information content (AvgIpc) is 2.57. The molecule has 0 spiro atoms. The van der Waals surface area contributed by atoms with Gasteiger partial charge in [0, 0.05) is 13.1 Å². The summed E-state index contributed by atoms with van der Waals surface area (Å²) in [5.41, 5.74) is 0.770. The minimum atomic E-state index is -0.472. The van der Waals surface area contributed by atoms with Crippen molar-refractivity contribution in [3.8, 4) is 5.75 Å². The van der Waals surface area contributed by atoms with Gasteiger partial charge in [0.25, 0.3) is 0 Å². The average molecular weight is 325 g/mol. The van der Waals surface area contributed by atoms with E-state index in [9.17, 15) is 4.79 Å². The van der Waals surface area contributed by atoms with Crippen LogP contribution in [-0.2, 0) is 9.47 Å². The van der Waals surface area contributed by atoms with E-state index in [1.54, 1.807) is 4.90 Å². The second kappa shape index (κ2) is 8.41. The molecule has 0 unspecified atom stereocenters. The van der Waals surface area contributed by atoms with Gasteiger partial charge in [-0.1, -0.05) is 12.1 Å². The molecule has 1 aromatic rings. The quantitative estimate of drug-likeness (QED) is 0.773. The monoisotopic (exact) mass is 325 g/mol. The Kier molecular flexibility index (Phi) is 6.54. The van der Waals surface area contributed by atoms with E-state index in [0.717, 1.165) is 16.9 Å². The minimum absolute atomic E-state index is 0.344. The summed E-state index contributed by atoms with van der Waals surface area (Å²) in [6, 6.07) is 5.75. The van der Waals surface area contributed by atoms with E-state index in [4.69, 9.17) is 14.2 Å².